The monoisotopic (exact) mass is 533 g/mol. The van der Waals surface area contributed by atoms with Crippen LogP contribution in [0.3, 0.4) is 0 Å². The van der Waals surface area contributed by atoms with E-state index < -0.39 is 64.8 Å². The second kappa shape index (κ2) is 6.33. The van der Waals surface area contributed by atoms with Crippen molar-refractivity contribution in [1.82, 2.24) is 4.90 Å². The molecule has 1 aliphatic rings. The first-order chi connectivity index (χ1) is 13.4. The van der Waals surface area contributed by atoms with Crippen molar-refractivity contribution in [2.45, 2.75) is 59.9 Å². The van der Waals surface area contributed by atoms with Gasteiger partial charge >= 0.3 is 54.1 Å². The fourth-order valence-electron chi connectivity index (χ4n) is 2.54. The van der Waals surface area contributed by atoms with Crippen LogP contribution in [0.15, 0.2) is 0 Å². The largest absolute Gasteiger partial charge is 0.467 e. The van der Waals surface area contributed by atoms with Gasteiger partial charge in [0, 0.05) is 0 Å². The number of hydrogen-bond donors (Lipinski definition) is 0. The van der Waals surface area contributed by atoms with Crippen LogP contribution in [0.4, 0.5) is 92.2 Å². The Hall–Kier alpha value is -1.51. The van der Waals surface area contributed by atoms with Gasteiger partial charge in [-0.1, -0.05) is 0 Å². The Bertz CT molecular complexity index is 739. The third kappa shape index (κ3) is 2.75. The molecule has 22 heteroatoms. The van der Waals surface area contributed by atoms with Gasteiger partial charge in [-0.2, -0.15) is 83.4 Å². The Morgan fingerprint density at radius 1 is 0.469 bits per heavy atom. The molecule has 0 aromatic rings. The fraction of sp³-hybridized carbons (Fsp3) is 1.00. The summed E-state index contributed by atoms with van der Waals surface area (Å²) >= 11 is 0. The lowest BCUT2D eigenvalue weighted by atomic mass is 9.90. The molecular formula is C10F21N. The number of halogens is 21. The second-order valence-electron chi connectivity index (χ2n) is 5.92. The van der Waals surface area contributed by atoms with Crippen LogP contribution in [-0.2, 0) is 0 Å². The van der Waals surface area contributed by atoms with Gasteiger partial charge in [-0.25, -0.2) is 8.78 Å². The summed E-state index contributed by atoms with van der Waals surface area (Å²) in [5.74, 6) is -43.1. The predicted octanol–water partition coefficient (Wildman–Crippen LogP) is 6.45. The smallest absolute Gasteiger partial charge is 0.221 e. The summed E-state index contributed by atoms with van der Waals surface area (Å²) in [5.41, 5.74) is -8.85. The zero-order valence-electron chi connectivity index (χ0n) is 13.4. The molecule has 32 heavy (non-hydrogen) atoms. The summed E-state index contributed by atoms with van der Waals surface area (Å²) in [5, 5.41) is 0. The molecule has 192 valence electrons. The highest BCUT2D eigenvalue weighted by molar-refractivity contribution is 5.33. The molecule has 0 heterocycles. The van der Waals surface area contributed by atoms with E-state index in [1.54, 1.807) is 0 Å². The van der Waals surface area contributed by atoms with Crippen LogP contribution in [0.2, 0.25) is 0 Å². The first kappa shape index (κ1) is 28.5. The Kier molecular flexibility index (Phi) is 5.64. The summed E-state index contributed by atoms with van der Waals surface area (Å²) < 4.78 is 274. The minimum atomic E-state index is -9.04. The van der Waals surface area contributed by atoms with Crippen molar-refractivity contribution in [2.24, 2.45) is 0 Å². The summed E-state index contributed by atoms with van der Waals surface area (Å²) in [6.07, 6.45) is -25.1. The molecule has 1 saturated carbocycles. The highest BCUT2D eigenvalue weighted by Gasteiger charge is 3.08. The van der Waals surface area contributed by atoms with Crippen molar-refractivity contribution < 1.29 is 92.2 Å². The van der Waals surface area contributed by atoms with E-state index in [2.05, 4.69) is 0 Å². The minimum Gasteiger partial charge on any atom is -0.221 e. The van der Waals surface area contributed by atoms with Crippen molar-refractivity contribution in [2.75, 3.05) is 0 Å². The Labute approximate surface area is 158 Å². The number of rotatable bonds is 3. The zero-order chi connectivity index (χ0) is 26.6. The quantitative estimate of drug-likeness (QED) is 0.298. The maximum atomic E-state index is 14.4. The minimum absolute atomic E-state index is 5.28. The molecule has 1 aliphatic carbocycles. The van der Waals surface area contributed by atoms with Crippen LogP contribution in [0.25, 0.3) is 0 Å². The number of alkyl halides is 21. The lowest BCUT2D eigenvalue weighted by Gasteiger charge is -2.48. The maximum absolute atomic E-state index is 14.4. The Morgan fingerprint density at radius 3 is 1.06 bits per heavy atom. The lowest BCUT2D eigenvalue weighted by molar-refractivity contribution is -0.493. The van der Waals surface area contributed by atoms with E-state index in [1.807, 2.05) is 0 Å². The van der Waals surface area contributed by atoms with E-state index in [4.69, 9.17) is 0 Å². The summed E-state index contributed by atoms with van der Waals surface area (Å²) in [6.45, 7) is 0. The van der Waals surface area contributed by atoms with Gasteiger partial charge in [0.05, 0.1) is 0 Å². The van der Waals surface area contributed by atoms with Crippen molar-refractivity contribution in [1.29, 1.82) is 0 Å². The van der Waals surface area contributed by atoms with E-state index >= 15 is 0 Å². The SMILES string of the molecule is FC(F)(F)N(C(F)(F)C(F)(F)C(F)(F)F)C1(F)C(F)(F)C(F)(F)C(F)(F)C1(F)C(F)(F)F. The van der Waals surface area contributed by atoms with Gasteiger partial charge < -0.3 is 0 Å². The molecule has 1 rings (SSSR count). The standard InChI is InChI=1S/C10F21N/c11-1(7(21,22)23)2(12,13)3(14,15)4(16,17)6(1,20)32(10(29,30)31)9(27,28)5(18,19)8(24,25)26. The van der Waals surface area contributed by atoms with Gasteiger partial charge in [0.2, 0.25) is 0 Å². The Morgan fingerprint density at radius 2 is 0.812 bits per heavy atom. The van der Waals surface area contributed by atoms with E-state index in [9.17, 15) is 92.2 Å². The van der Waals surface area contributed by atoms with Gasteiger partial charge in [0.25, 0.3) is 5.79 Å². The van der Waals surface area contributed by atoms with Gasteiger partial charge in [-0.05, 0) is 0 Å². The maximum Gasteiger partial charge on any atom is 0.467 e. The van der Waals surface area contributed by atoms with Crippen LogP contribution >= 0.6 is 0 Å². The molecule has 1 nitrogen and oxygen atoms in total. The third-order valence-corrected chi connectivity index (χ3v) is 4.06. The predicted molar refractivity (Wildman–Crippen MR) is 52.4 cm³/mol. The average molecular weight is 533 g/mol. The Balaban J connectivity index is 4.35. The van der Waals surface area contributed by atoms with Gasteiger partial charge in [-0.3, -0.25) is 0 Å². The van der Waals surface area contributed by atoms with Crippen molar-refractivity contribution in [3.63, 3.8) is 0 Å². The number of hydrogen-bond acceptors (Lipinski definition) is 1. The first-order valence-electron chi connectivity index (χ1n) is 6.64. The van der Waals surface area contributed by atoms with Gasteiger partial charge in [-0.15, -0.1) is 4.90 Å². The summed E-state index contributed by atoms with van der Waals surface area (Å²) in [4.78, 5) is -5.28. The molecule has 2 unspecified atom stereocenters. The average Bonchev–Trinajstić information content (AvgIpc) is 2.53. The topological polar surface area (TPSA) is 3.24 Å². The van der Waals surface area contributed by atoms with Crippen LogP contribution in [-0.4, -0.2) is 64.8 Å². The van der Waals surface area contributed by atoms with Crippen LogP contribution < -0.4 is 0 Å². The molecule has 1 fully saturated rings. The molecular weight excluding hydrogens is 533 g/mol. The molecule has 0 bridgehead atoms. The van der Waals surface area contributed by atoms with Crippen LogP contribution in [0.5, 0.6) is 0 Å². The third-order valence-electron chi connectivity index (χ3n) is 4.06. The molecule has 0 radical (unpaired) electrons. The molecule has 0 aromatic carbocycles. The summed E-state index contributed by atoms with van der Waals surface area (Å²) in [6, 6.07) is -8.89. The highest BCUT2D eigenvalue weighted by atomic mass is 19.4. The fourth-order valence-corrected chi connectivity index (χ4v) is 2.54. The normalized spacial score (nSPS) is 31.3. The molecule has 0 aliphatic heterocycles. The lowest BCUT2D eigenvalue weighted by Crippen LogP contribution is -2.80. The van der Waals surface area contributed by atoms with Gasteiger partial charge in [0.1, 0.15) is 0 Å². The summed E-state index contributed by atoms with van der Waals surface area (Å²) in [7, 11) is 0. The van der Waals surface area contributed by atoms with Crippen molar-refractivity contribution >= 4 is 0 Å². The molecule has 0 aromatic heterocycles. The van der Waals surface area contributed by atoms with Crippen molar-refractivity contribution in [3.8, 4) is 0 Å². The van der Waals surface area contributed by atoms with Gasteiger partial charge in [0.15, 0.2) is 0 Å². The highest BCUT2D eigenvalue weighted by Crippen LogP contribution is 2.75. The van der Waals surface area contributed by atoms with E-state index in [-0.39, 0.29) is 0 Å². The molecule has 0 N–H and O–H groups in total. The van der Waals surface area contributed by atoms with Crippen LogP contribution in [0, 0.1) is 0 Å². The first-order valence-corrected chi connectivity index (χ1v) is 6.64. The van der Waals surface area contributed by atoms with E-state index in [0.29, 0.717) is 0 Å². The second-order valence-corrected chi connectivity index (χ2v) is 5.92. The molecule has 0 saturated heterocycles. The van der Waals surface area contributed by atoms with E-state index in [0.717, 1.165) is 0 Å². The van der Waals surface area contributed by atoms with Crippen molar-refractivity contribution in [3.05, 3.63) is 0 Å². The molecule has 0 spiro atoms. The van der Waals surface area contributed by atoms with Crippen LogP contribution in [0.1, 0.15) is 0 Å². The molecule has 0 amide bonds. The number of nitrogens with zero attached hydrogens (tertiary/aromatic N) is 1. The molecule has 2 atom stereocenters. The zero-order valence-corrected chi connectivity index (χ0v) is 13.4. The van der Waals surface area contributed by atoms with E-state index in [1.165, 1.54) is 0 Å².